The SMILES string of the molecule is O=C(Nc1cccc(I)c1)c1ccc2cccnc2c1O. The molecule has 3 rings (SSSR count). The smallest absolute Gasteiger partial charge is 0.259 e. The van der Waals surface area contributed by atoms with E-state index in [-0.39, 0.29) is 17.2 Å². The fraction of sp³-hybridized carbons (Fsp3) is 0. The zero-order chi connectivity index (χ0) is 14.8. The zero-order valence-corrected chi connectivity index (χ0v) is 13.0. The van der Waals surface area contributed by atoms with Gasteiger partial charge in [-0.05, 0) is 52.9 Å². The van der Waals surface area contributed by atoms with Crippen LogP contribution in [0.5, 0.6) is 5.75 Å². The quantitative estimate of drug-likeness (QED) is 0.655. The minimum Gasteiger partial charge on any atom is -0.505 e. The van der Waals surface area contributed by atoms with Crippen LogP contribution in [0.4, 0.5) is 5.69 Å². The molecule has 0 atom stereocenters. The van der Waals surface area contributed by atoms with Crippen molar-refractivity contribution >= 4 is 45.1 Å². The predicted octanol–water partition coefficient (Wildman–Crippen LogP) is 3.80. The first-order valence-corrected chi connectivity index (χ1v) is 7.36. The second-order valence-electron chi connectivity index (χ2n) is 4.50. The molecule has 0 unspecified atom stereocenters. The Morgan fingerprint density at radius 3 is 2.81 bits per heavy atom. The molecule has 0 fully saturated rings. The topological polar surface area (TPSA) is 62.2 Å². The first-order valence-electron chi connectivity index (χ1n) is 6.29. The maximum atomic E-state index is 12.3. The van der Waals surface area contributed by atoms with Crippen LogP contribution in [0.25, 0.3) is 10.9 Å². The molecule has 0 bridgehead atoms. The molecule has 0 aliphatic rings. The molecule has 104 valence electrons. The summed E-state index contributed by atoms with van der Waals surface area (Å²) in [6.07, 6.45) is 1.59. The van der Waals surface area contributed by atoms with Crippen LogP contribution in [-0.4, -0.2) is 16.0 Å². The highest BCUT2D eigenvalue weighted by atomic mass is 127. The largest absolute Gasteiger partial charge is 0.505 e. The van der Waals surface area contributed by atoms with Gasteiger partial charge in [0, 0.05) is 20.8 Å². The van der Waals surface area contributed by atoms with Gasteiger partial charge in [-0.1, -0.05) is 18.2 Å². The first-order chi connectivity index (χ1) is 10.1. The second-order valence-corrected chi connectivity index (χ2v) is 5.75. The summed E-state index contributed by atoms with van der Waals surface area (Å²) >= 11 is 2.17. The van der Waals surface area contributed by atoms with Gasteiger partial charge in [0.15, 0.2) is 5.75 Å². The fourth-order valence-corrected chi connectivity index (χ4v) is 2.62. The molecule has 1 heterocycles. The average Bonchev–Trinajstić information content (AvgIpc) is 2.48. The molecule has 5 heteroatoms. The van der Waals surface area contributed by atoms with E-state index in [1.807, 2.05) is 24.3 Å². The van der Waals surface area contributed by atoms with Crippen LogP contribution in [-0.2, 0) is 0 Å². The number of phenols is 1. The number of hydrogen-bond acceptors (Lipinski definition) is 3. The number of phenolic OH excluding ortho intramolecular Hbond substituents is 1. The fourth-order valence-electron chi connectivity index (χ4n) is 2.08. The summed E-state index contributed by atoms with van der Waals surface area (Å²) in [5.41, 5.74) is 1.32. The first kappa shape index (κ1) is 13.8. The lowest BCUT2D eigenvalue weighted by Crippen LogP contribution is -2.12. The lowest BCUT2D eigenvalue weighted by molar-refractivity contribution is 0.102. The van der Waals surface area contributed by atoms with Crippen LogP contribution < -0.4 is 5.32 Å². The highest BCUT2D eigenvalue weighted by molar-refractivity contribution is 14.1. The summed E-state index contributed by atoms with van der Waals surface area (Å²) in [6.45, 7) is 0. The Morgan fingerprint density at radius 1 is 1.14 bits per heavy atom. The maximum absolute atomic E-state index is 12.3. The van der Waals surface area contributed by atoms with Crippen molar-refractivity contribution in [1.29, 1.82) is 0 Å². The van der Waals surface area contributed by atoms with E-state index in [2.05, 4.69) is 32.9 Å². The Morgan fingerprint density at radius 2 is 2.00 bits per heavy atom. The molecule has 0 saturated carbocycles. The van der Waals surface area contributed by atoms with Gasteiger partial charge >= 0.3 is 0 Å². The number of rotatable bonds is 2. The van der Waals surface area contributed by atoms with Crippen LogP contribution in [0.3, 0.4) is 0 Å². The summed E-state index contributed by atoms with van der Waals surface area (Å²) < 4.78 is 1.02. The highest BCUT2D eigenvalue weighted by Gasteiger charge is 2.14. The molecule has 0 aliphatic heterocycles. The minimum atomic E-state index is -0.359. The summed E-state index contributed by atoms with van der Waals surface area (Å²) in [6, 6.07) is 14.4. The number of halogens is 1. The van der Waals surface area contributed by atoms with E-state index in [1.54, 1.807) is 30.5 Å². The molecule has 4 nitrogen and oxygen atoms in total. The van der Waals surface area contributed by atoms with Crippen LogP contribution >= 0.6 is 22.6 Å². The van der Waals surface area contributed by atoms with Crippen molar-refractivity contribution in [3.63, 3.8) is 0 Å². The van der Waals surface area contributed by atoms with Crippen LogP contribution in [0.1, 0.15) is 10.4 Å². The minimum absolute atomic E-state index is 0.101. The van der Waals surface area contributed by atoms with Crippen molar-refractivity contribution in [2.45, 2.75) is 0 Å². The number of pyridine rings is 1. The number of hydrogen-bond donors (Lipinski definition) is 2. The lowest BCUT2D eigenvalue weighted by atomic mass is 10.1. The molecular weight excluding hydrogens is 379 g/mol. The zero-order valence-electron chi connectivity index (χ0n) is 10.9. The van der Waals surface area contributed by atoms with Crippen LogP contribution in [0, 0.1) is 3.57 Å². The maximum Gasteiger partial charge on any atom is 0.259 e. The van der Waals surface area contributed by atoms with Crippen molar-refractivity contribution in [2.24, 2.45) is 0 Å². The number of nitrogens with one attached hydrogen (secondary N) is 1. The van der Waals surface area contributed by atoms with E-state index in [9.17, 15) is 9.90 Å². The molecule has 2 N–H and O–H groups in total. The van der Waals surface area contributed by atoms with Crippen LogP contribution in [0.15, 0.2) is 54.7 Å². The number of amides is 1. The Balaban J connectivity index is 1.96. The van der Waals surface area contributed by atoms with Crippen molar-refractivity contribution in [3.8, 4) is 5.75 Å². The van der Waals surface area contributed by atoms with Gasteiger partial charge in [-0.2, -0.15) is 0 Å². The third-order valence-electron chi connectivity index (χ3n) is 3.08. The van der Waals surface area contributed by atoms with Gasteiger partial charge < -0.3 is 10.4 Å². The average molecular weight is 390 g/mol. The Hall–Kier alpha value is -2.15. The number of benzene rings is 2. The summed E-state index contributed by atoms with van der Waals surface area (Å²) in [5, 5.41) is 13.8. The van der Waals surface area contributed by atoms with Gasteiger partial charge in [-0.25, -0.2) is 0 Å². The molecule has 0 saturated heterocycles. The Labute approximate surface area is 135 Å². The van der Waals surface area contributed by atoms with E-state index in [1.165, 1.54) is 0 Å². The predicted molar refractivity (Wildman–Crippen MR) is 90.5 cm³/mol. The van der Waals surface area contributed by atoms with Gasteiger partial charge in [-0.15, -0.1) is 0 Å². The van der Waals surface area contributed by atoms with Crippen molar-refractivity contribution in [1.82, 2.24) is 4.98 Å². The summed E-state index contributed by atoms with van der Waals surface area (Å²) in [4.78, 5) is 16.4. The Bertz CT molecular complexity index is 833. The van der Waals surface area contributed by atoms with E-state index in [0.29, 0.717) is 11.2 Å². The van der Waals surface area contributed by atoms with Gasteiger partial charge in [-0.3, -0.25) is 9.78 Å². The van der Waals surface area contributed by atoms with E-state index < -0.39 is 0 Å². The molecule has 2 aromatic carbocycles. The van der Waals surface area contributed by atoms with Crippen LogP contribution in [0.2, 0.25) is 0 Å². The molecule has 0 radical (unpaired) electrons. The number of aromatic nitrogens is 1. The second kappa shape index (κ2) is 5.69. The highest BCUT2D eigenvalue weighted by Crippen LogP contribution is 2.27. The number of anilines is 1. The molecule has 3 aromatic rings. The van der Waals surface area contributed by atoms with E-state index in [0.717, 1.165) is 8.96 Å². The van der Waals surface area contributed by atoms with Gasteiger partial charge in [0.1, 0.15) is 5.52 Å². The molecule has 1 aromatic heterocycles. The van der Waals surface area contributed by atoms with E-state index in [4.69, 9.17) is 0 Å². The lowest BCUT2D eigenvalue weighted by Gasteiger charge is -2.08. The molecule has 1 amide bonds. The molecular formula is C16H11IN2O2. The third-order valence-corrected chi connectivity index (χ3v) is 3.75. The molecule has 21 heavy (non-hydrogen) atoms. The summed E-state index contributed by atoms with van der Waals surface area (Å²) in [5.74, 6) is -0.460. The van der Waals surface area contributed by atoms with Crippen molar-refractivity contribution < 1.29 is 9.90 Å². The van der Waals surface area contributed by atoms with Gasteiger partial charge in [0.05, 0.1) is 5.56 Å². The van der Waals surface area contributed by atoms with E-state index >= 15 is 0 Å². The Kier molecular flexibility index (Phi) is 3.74. The number of aromatic hydroxyl groups is 1. The van der Waals surface area contributed by atoms with Gasteiger partial charge in [0.25, 0.3) is 5.91 Å². The van der Waals surface area contributed by atoms with Gasteiger partial charge in [0.2, 0.25) is 0 Å². The normalized spacial score (nSPS) is 10.5. The van der Waals surface area contributed by atoms with Crippen molar-refractivity contribution in [2.75, 3.05) is 5.32 Å². The number of carbonyl (C=O) groups excluding carboxylic acids is 1. The van der Waals surface area contributed by atoms with Crippen molar-refractivity contribution in [3.05, 3.63) is 63.9 Å². The summed E-state index contributed by atoms with van der Waals surface area (Å²) in [7, 11) is 0. The molecule has 0 aliphatic carbocycles. The monoisotopic (exact) mass is 390 g/mol. The standard InChI is InChI=1S/C16H11IN2O2/c17-11-4-1-5-12(9-11)19-16(21)13-7-6-10-3-2-8-18-14(10)15(13)20/h1-9,20H,(H,19,21). The number of nitrogens with zero attached hydrogens (tertiary/aromatic N) is 1. The third kappa shape index (κ3) is 2.82. The molecule has 0 spiro atoms. The number of fused-ring (bicyclic) bond motifs is 1. The number of carbonyl (C=O) groups is 1.